The Bertz CT molecular complexity index is 431. The van der Waals surface area contributed by atoms with Gasteiger partial charge >= 0.3 is 11.9 Å². The second-order valence-corrected chi connectivity index (χ2v) is 4.27. The first-order valence-corrected chi connectivity index (χ1v) is 5.83. The zero-order chi connectivity index (χ0) is 13.5. The van der Waals surface area contributed by atoms with Crippen LogP contribution < -0.4 is 0 Å². The van der Waals surface area contributed by atoms with Crippen molar-refractivity contribution in [3.63, 3.8) is 0 Å². The third-order valence-electron chi connectivity index (χ3n) is 2.55. The molecule has 0 radical (unpaired) electrons. The van der Waals surface area contributed by atoms with Gasteiger partial charge in [-0.15, -0.1) is 0 Å². The summed E-state index contributed by atoms with van der Waals surface area (Å²) in [5.74, 6) is -1.42. The number of esters is 2. The van der Waals surface area contributed by atoms with Crippen molar-refractivity contribution < 1.29 is 19.1 Å². The highest BCUT2D eigenvalue weighted by molar-refractivity contribution is 6.30. The van der Waals surface area contributed by atoms with Gasteiger partial charge in [0.05, 0.1) is 26.6 Å². The minimum atomic E-state index is -0.555. The molecule has 0 aliphatic heterocycles. The minimum absolute atomic E-state index is 0.00428. The number of carbonyl (C=O) groups excluding carboxylic acids is 2. The Balaban J connectivity index is 2.78. The van der Waals surface area contributed by atoms with Crippen LogP contribution in [0.1, 0.15) is 12.0 Å². The van der Waals surface area contributed by atoms with Crippen LogP contribution in [0.15, 0.2) is 24.3 Å². The lowest BCUT2D eigenvalue weighted by molar-refractivity contribution is -0.151. The molecule has 1 aromatic rings. The number of halogens is 1. The average molecular weight is 271 g/mol. The predicted octanol–water partition coefficient (Wildman–Crippen LogP) is 2.23. The molecule has 1 atom stereocenters. The van der Waals surface area contributed by atoms with Crippen LogP contribution in [0.25, 0.3) is 0 Å². The second kappa shape index (κ2) is 7.01. The van der Waals surface area contributed by atoms with E-state index in [9.17, 15) is 9.59 Å². The van der Waals surface area contributed by atoms with Crippen molar-refractivity contribution in [2.45, 2.75) is 12.8 Å². The van der Waals surface area contributed by atoms with Crippen LogP contribution >= 0.6 is 11.6 Å². The fraction of sp³-hybridized carbons (Fsp3) is 0.385. The molecule has 0 N–H and O–H groups in total. The molecule has 0 aliphatic carbocycles. The highest BCUT2D eigenvalue weighted by Gasteiger charge is 2.23. The summed E-state index contributed by atoms with van der Waals surface area (Å²) in [6.07, 6.45) is 0.387. The maximum absolute atomic E-state index is 11.6. The van der Waals surface area contributed by atoms with Crippen molar-refractivity contribution in [1.82, 2.24) is 0 Å². The van der Waals surface area contributed by atoms with Crippen molar-refractivity contribution in [3.8, 4) is 0 Å². The summed E-state index contributed by atoms with van der Waals surface area (Å²) in [4.78, 5) is 22.8. The lowest BCUT2D eigenvalue weighted by Gasteiger charge is -2.13. The van der Waals surface area contributed by atoms with Crippen molar-refractivity contribution in [3.05, 3.63) is 34.9 Å². The number of hydrogen-bond donors (Lipinski definition) is 0. The van der Waals surface area contributed by atoms with Gasteiger partial charge in [-0.2, -0.15) is 0 Å². The molecule has 5 heteroatoms. The SMILES string of the molecule is COC(=O)C[C@@H](Cc1cccc(Cl)c1)C(=O)OC. The van der Waals surface area contributed by atoms with Crippen LogP contribution in [0, 0.1) is 5.92 Å². The summed E-state index contributed by atoms with van der Waals surface area (Å²) < 4.78 is 9.24. The lowest BCUT2D eigenvalue weighted by atomic mass is 9.96. The Labute approximate surface area is 111 Å². The molecule has 0 heterocycles. The molecule has 0 spiro atoms. The molecule has 0 aromatic heterocycles. The van der Waals surface area contributed by atoms with Crippen LogP contribution in [-0.2, 0) is 25.5 Å². The van der Waals surface area contributed by atoms with Crippen molar-refractivity contribution in [2.24, 2.45) is 5.92 Å². The summed E-state index contributed by atoms with van der Waals surface area (Å²) >= 11 is 5.87. The average Bonchev–Trinajstić information content (AvgIpc) is 2.36. The van der Waals surface area contributed by atoms with Gasteiger partial charge < -0.3 is 9.47 Å². The molecule has 18 heavy (non-hydrogen) atoms. The van der Waals surface area contributed by atoms with Gasteiger partial charge in [0.1, 0.15) is 0 Å². The highest BCUT2D eigenvalue weighted by Crippen LogP contribution is 2.18. The minimum Gasteiger partial charge on any atom is -0.469 e. The maximum atomic E-state index is 11.6. The highest BCUT2D eigenvalue weighted by atomic mass is 35.5. The monoisotopic (exact) mass is 270 g/mol. The maximum Gasteiger partial charge on any atom is 0.309 e. The number of benzene rings is 1. The van der Waals surface area contributed by atoms with E-state index in [-0.39, 0.29) is 6.42 Å². The van der Waals surface area contributed by atoms with Crippen molar-refractivity contribution in [1.29, 1.82) is 0 Å². The molecule has 0 amide bonds. The molecule has 0 saturated carbocycles. The van der Waals surface area contributed by atoms with E-state index >= 15 is 0 Å². The standard InChI is InChI=1S/C13H15ClO4/c1-17-12(15)8-10(13(16)18-2)6-9-4-3-5-11(14)7-9/h3-5,7,10H,6,8H2,1-2H3/t10-/m1/s1. The molecule has 0 aliphatic rings. The molecule has 0 saturated heterocycles. The summed E-state index contributed by atoms with van der Waals surface area (Å²) in [5.41, 5.74) is 0.877. The zero-order valence-corrected chi connectivity index (χ0v) is 11.1. The molecule has 0 unspecified atom stereocenters. The number of carbonyl (C=O) groups is 2. The van der Waals surface area contributed by atoms with Gasteiger partial charge in [-0.1, -0.05) is 23.7 Å². The molecular formula is C13H15ClO4. The van der Waals surface area contributed by atoms with E-state index in [4.69, 9.17) is 11.6 Å². The van der Waals surface area contributed by atoms with E-state index < -0.39 is 17.9 Å². The third kappa shape index (κ3) is 4.37. The summed E-state index contributed by atoms with van der Waals surface area (Å²) in [7, 11) is 2.58. The summed E-state index contributed by atoms with van der Waals surface area (Å²) in [6.45, 7) is 0. The number of rotatable bonds is 5. The molecular weight excluding hydrogens is 256 g/mol. The molecule has 4 nitrogen and oxygen atoms in total. The normalized spacial score (nSPS) is 11.7. The van der Waals surface area contributed by atoms with E-state index in [2.05, 4.69) is 9.47 Å². The van der Waals surface area contributed by atoms with Crippen LogP contribution in [-0.4, -0.2) is 26.2 Å². The molecule has 98 valence electrons. The number of methoxy groups -OCH3 is 2. The number of ether oxygens (including phenoxy) is 2. The fourth-order valence-corrected chi connectivity index (χ4v) is 1.85. The fourth-order valence-electron chi connectivity index (χ4n) is 1.64. The van der Waals surface area contributed by atoms with Crippen LogP contribution in [0.3, 0.4) is 0 Å². The third-order valence-corrected chi connectivity index (χ3v) is 2.78. The zero-order valence-electron chi connectivity index (χ0n) is 10.3. The lowest BCUT2D eigenvalue weighted by Crippen LogP contribution is -2.22. The Morgan fingerprint density at radius 3 is 2.56 bits per heavy atom. The largest absolute Gasteiger partial charge is 0.469 e. The topological polar surface area (TPSA) is 52.6 Å². The van der Waals surface area contributed by atoms with E-state index in [1.54, 1.807) is 18.2 Å². The van der Waals surface area contributed by atoms with Crippen LogP contribution in [0.2, 0.25) is 5.02 Å². The van der Waals surface area contributed by atoms with E-state index in [0.29, 0.717) is 11.4 Å². The van der Waals surface area contributed by atoms with E-state index in [1.807, 2.05) is 6.07 Å². The van der Waals surface area contributed by atoms with Crippen molar-refractivity contribution in [2.75, 3.05) is 14.2 Å². The Kier molecular flexibility index (Phi) is 5.65. The summed E-state index contributed by atoms with van der Waals surface area (Å²) in [5, 5.41) is 0.592. The molecule has 0 fully saturated rings. The molecule has 0 bridgehead atoms. The van der Waals surface area contributed by atoms with E-state index in [0.717, 1.165) is 5.56 Å². The molecule has 1 rings (SSSR count). The summed E-state index contributed by atoms with van der Waals surface area (Å²) in [6, 6.07) is 7.15. The first kappa shape index (κ1) is 14.5. The van der Waals surface area contributed by atoms with Gasteiger partial charge in [0.2, 0.25) is 0 Å². The quantitative estimate of drug-likeness (QED) is 0.770. The molecule has 1 aromatic carbocycles. The second-order valence-electron chi connectivity index (χ2n) is 3.83. The first-order valence-electron chi connectivity index (χ1n) is 5.46. The van der Waals surface area contributed by atoms with Gasteiger partial charge in [-0.05, 0) is 24.1 Å². The van der Waals surface area contributed by atoms with Gasteiger partial charge in [0, 0.05) is 5.02 Å². The number of hydrogen-bond acceptors (Lipinski definition) is 4. The Morgan fingerprint density at radius 1 is 1.28 bits per heavy atom. The Morgan fingerprint density at radius 2 is 2.00 bits per heavy atom. The predicted molar refractivity (Wildman–Crippen MR) is 67.3 cm³/mol. The van der Waals surface area contributed by atoms with Gasteiger partial charge in [-0.3, -0.25) is 9.59 Å². The van der Waals surface area contributed by atoms with Crippen LogP contribution in [0.4, 0.5) is 0 Å². The van der Waals surface area contributed by atoms with Gasteiger partial charge in [-0.25, -0.2) is 0 Å². The van der Waals surface area contributed by atoms with Gasteiger partial charge in [0.15, 0.2) is 0 Å². The Hall–Kier alpha value is -1.55. The van der Waals surface area contributed by atoms with Crippen LogP contribution in [0.5, 0.6) is 0 Å². The first-order chi connectivity index (χ1) is 8.56. The smallest absolute Gasteiger partial charge is 0.309 e. The van der Waals surface area contributed by atoms with Crippen molar-refractivity contribution >= 4 is 23.5 Å². The van der Waals surface area contributed by atoms with Gasteiger partial charge in [0.25, 0.3) is 0 Å². The van der Waals surface area contributed by atoms with E-state index in [1.165, 1.54) is 14.2 Å².